The number of alkyl halides is 3. The van der Waals surface area contributed by atoms with Crippen molar-refractivity contribution in [1.82, 2.24) is 4.98 Å². The molecule has 2 heterocycles. The van der Waals surface area contributed by atoms with Gasteiger partial charge in [0.2, 0.25) is 0 Å². The number of hydrogen-bond acceptors (Lipinski definition) is 3. The molecule has 3 nitrogen and oxygen atoms in total. The van der Waals surface area contributed by atoms with E-state index in [9.17, 15) is 13.2 Å². The summed E-state index contributed by atoms with van der Waals surface area (Å²) in [6.07, 6.45) is 3.87. The normalized spacial score (nSPS) is 14.0. The molecular weight excluding hydrogens is 347 g/mol. The Hall–Kier alpha value is -1.73. The second-order valence-electron chi connectivity index (χ2n) is 6.08. The Bertz CT molecular complexity index is 700. The number of H-pyrrole nitrogens is 1. The molecule has 1 atom stereocenters. The van der Waals surface area contributed by atoms with Crippen molar-refractivity contribution >= 4 is 17.0 Å². The lowest BCUT2D eigenvalue weighted by molar-refractivity contribution is -0.136. The molecule has 0 fully saturated rings. The molecule has 0 aliphatic carbocycles. The van der Waals surface area contributed by atoms with Gasteiger partial charge in [-0.25, -0.2) is 0 Å². The van der Waals surface area contributed by atoms with Gasteiger partial charge in [0.05, 0.1) is 11.4 Å². The third-order valence-electron chi connectivity index (χ3n) is 4.04. The highest BCUT2D eigenvalue weighted by Crippen LogP contribution is 2.32. The van der Waals surface area contributed by atoms with Gasteiger partial charge in [0.25, 0.3) is 0 Å². The number of nitrogens with one attached hydrogen (secondary N) is 1. The predicted octanol–water partition coefficient (Wildman–Crippen LogP) is 5.06. The van der Waals surface area contributed by atoms with Crippen molar-refractivity contribution in [2.45, 2.75) is 51.2 Å². The molecule has 0 spiro atoms. The maximum atomic E-state index is 12.5. The molecule has 0 saturated carbocycles. The standard InChI is InChI=1S/C18H24F3N3S/c1-2-3-4-5-6-12-7-8-25-17(12)13-9-15(24-11-13)14(22)10-16(23)18(19,20)21/h7-11,16,24H,2-6,22-23H2,1H3/b14-10-. The molecule has 0 bridgehead atoms. The summed E-state index contributed by atoms with van der Waals surface area (Å²) in [4.78, 5) is 4.08. The molecule has 5 N–H and O–H groups in total. The van der Waals surface area contributed by atoms with Crippen LogP contribution in [-0.4, -0.2) is 17.2 Å². The minimum Gasteiger partial charge on any atom is -0.397 e. The first-order valence-corrected chi connectivity index (χ1v) is 9.26. The summed E-state index contributed by atoms with van der Waals surface area (Å²) in [6, 6.07) is 1.81. The van der Waals surface area contributed by atoms with Crippen molar-refractivity contribution in [2.75, 3.05) is 0 Å². The summed E-state index contributed by atoms with van der Waals surface area (Å²) >= 11 is 1.62. The molecule has 0 amide bonds. The number of rotatable bonds is 8. The zero-order chi connectivity index (χ0) is 18.4. The molecule has 2 aromatic rings. The van der Waals surface area contributed by atoms with Crippen LogP contribution >= 0.6 is 11.3 Å². The van der Waals surface area contributed by atoms with Crippen molar-refractivity contribution in [1.29, 1.82) is 0 Å². The van der Waals surface area contributed by atoms with Crippen LogP contribution in [0.1, 0.15) is 43.9 Å². The van der Waals surface area contributed by atoms with Gasteiger partial charge in [-0.3, -0.25) is 0 Å². The van der Waals surface area contributed by atoms with E-state index in [-0.39, 0.29) is 5.70 Å². The summed E-state index contributed by atoms with van der Waals surface area (Å²) in [5.41, 5.74) is 13.5. The number of thiophene rings is 1. The van der Waals surface area contributed by atoms with Gasteiger partial charge in [0.15, 0.2) is 0 Å². The van der Waals surface area contributed by atoms with Crippen molar-refractivity contribution in [3.05, 3.63) is 41.0 Å². The third kappa shape index (κ3) is 5.37. The van der Waals surface area contributed by atoms with E-state index in [0.717, 1.165) is 29.4 Å². The summed E-state index contributed by atoms with van der Waals surface area (Å²) in [5.74, 6) is 0. The maximum Gasteiger partial charge on any atom is 0.407 e. The van der Waals surface area contributed by atoms with Gasteiger partial charge in [-0.15, -0.1) is 11.3 Å². The quantitative estimate of drug-likeness (QED) is 0.568. The van der Waals surface area contributed by atoms with Crippen LogP contribution in [0.5, 0.6) is 0 Å². The highest BCUT2D eigenvalue weighted by Gasteiger charge is 2.35. The molecule has 2 aromatic heterocycles. The molecule has 1 unspecified atom stereocenters. The van der Waals surface area contributed by atoms with E-state index in [1.165, 1.54) is 24.8 Å². The van der Waals surface area contributed by atoms with E-state index < -0.39 is 12.2 Å². The average Bonchev–Trinajstić information content (AvgIpc) is 3.19. The van der Waals surface area contributed by atoms with Crippen LogP contribution in [0.4, 0.5) is 13.2 Å². The fraction of sp³-hybridized carbons (Fsp3) is 0.444. The molecule has 25 heavy (non-hydrogen) atoms. The molecule has 0 aromatic carbocycles. The average molecular weight is 371 g/mol. The van der Waals surface area contributed by atoms with Crippen LogP contribution in [0.2, 0.25) is 0 Å². The van der Waals surface area contributed by atoms with Gasteiger partial charge in [-0.2, -0.15) is 13.2 Å². The lowest BCUT2D eigenvalue weighted by atomic mass is 10.0. The molecule has 138 valence electrons. The van der Waals surface area contributed by atoms with Gasteiger partial charge in [-0.1, -0.05) is 26.2 Å². The molecule has 2 rings (SSSR count). The smallest absolute Gasteiger partial charge is 0.397 e. The number of aromatic nitrogens is 1. The highest BCUT2D eigenvalue weighted by atomic mass is 32.1. The second kappa shape index (κ2) is 8.58. The first-order valence-electron chi connectivity index (χ1n) is 8.38. The Kier molecular flexibility index (Phi) is 6.72. The number of nitrogens with two attached hydrogens (primary N) is 2. The Morgan fingerprint density at radius 3 is 2.76 bits per heavy atom. The van der Waals surface area contributed by atoms with E-state index >= 15 is 0 Å². The zero-order valence-electron chi connectivity index (χ0n) is 14.2. The predicted molar refractivity (Wildman–Crippen MR) is 98.1 cm³/mol. The van der Waals surface area contributed by atoms with Crippen LogP contribution < -0.4 is 11.5 Å². The highest BCUT2D eigenvalue weighted by molar-refractivity contribution is 7.13. The first-order chi connectivity index (χ1) is 11.8. The van der Waals surface area contributed by atoms with Crippen LogP contribution in [0.3, 0.4) is 0 Å². The fourth-order valence-electron chi connectivity index (χ4n) is 2.60. The lowest BCUT2D eigenvalue weighted by Gasteiger charge is -2.12. The molecule has 7 heteroatoms. The Balaban J connectivity index is 2.11. The van der Waals surface area contributed by atoms with Crippen molar-refractivity contribution in [2.24, 2.45) is 11.5 Å². The van der Waals surface area contributed by atoms with Crippen molar-refractivity contribution in [3.63, 3.8) is 0 Å². The largest absolute Gasteiger partial charge is 0.407 e. The van der Waals surface area contributed by atoms with Crippen LogP contribution in [-0.2, 0) is 6.42 Å². The van der Waals surface area contributed by atoms with E-state index in [0.29, 0.717) is 5.69 Å². The monoisotopic (exact) mass is 371 g/mol. The first kappa shape index (κ1) is 19.6. The molecular formula is C18H24F3N3S. The summed E-state index contributed by atoms with van der Waals surface area (Å²) in [5, 5.41) is 2.04. The Morgan fingerprint density at radius 1 is 1.32 bits per heavy atom. The topological polar surface area (TPSA) is 67.8 Å². The van der Waals surface area contributed by atoms with E-state index in [1.807, 2.05) is 5.38 Å². The van der Waals surface area contributed by atoms with Gasteiger partial charge < -0.3 is 16.5 Å². The number of hydrogen-bond donors (Lipinski definition) is 3. The van der Waals surface area contributed by atoms with E-state index in [1.54, 1.807) is 23.6 Å². The van der Waals surface area contributed by atoms with Crippen LogP contribution in [0.25, 0.3) is 16.1 Å². The zero-order valence-corrected chi connectivity index (χ0v) is 15.0. The molecule has 0 aliphatic rings. The maximum absolute atomic E-state index is 12.5. The van der Waals surface area contributed by atoms with Gasteiger partial charge in [0.1, 0.15) is 6.04 Å². The summed E-state index contributed by atoms with van der Waals surface area (Å²) in [6.45, 7) is 2.18. The Morgan fingerprint density at radius 2 is 2.08 bits per heavy atom. The molecule has 0 radical (unpaired) electrons. The molecule has 0 aliphatic heterocycles. The summed E-state index contributed by atoms with van der Waals surface area (Å²) < 4.78 is 37.6. The van der Waals surface area contributed by atoms with Crippen molar-refractivity contribution < 1.29 is 13.2 Å². The van der Waals surface area contributed by atoms with Gasteiger partial charge >= 0.3 is 6.18 Å². The number of aromatic amines is 1. The van der Waals surface area contributed by atoms with Crippen molar-refractivity contribution in [3.8, 4) is 10.4 Å². The minimum atomic E-state index is -4.50. The number of aryl methyl sites for hydroxylation is 1. The molecule has 0 saturated heterocycles. The van der Waals surface area contributed by atoms with E-state index in [2.05, 4.69) is 18.0 Å². The lowest BCUT2D eigenvalue weighted by Crippen LogP contribution is -2.35. The van der Waals surface area contributed by atoms with Gasteiger partial charge in [0, 0.05) is 16.6 Å². The second-order valence-corrected chi connectivity index (χ2v) is 6.99. The third-order valence-corrected chi connectivity index (χ3v) is 5.05. The van der Waals surface area contributed by atoms with Gasteiger partial charge in [-0.05, 0) is 42.0 Å². The van der Waals surface area contributed by atoms with Crippen LogP contribution in [0.15, 0.2) is 29.8 Å². The summed E-state index contributed by atoms with van der Waals surface area (Å²) in [7, 11) is 0. The minimum absolute atomic E-state index is 0.00266. The number of unbranched alkanes of at least 4 members (excludes halogenated alkanes) is 3. The number of halogens is 3. The SMILES string of the molecule is CCCCCCc1ccsc1-c1c[nH]c(/C(N)=C/C(N)C(F)(F)F)c1. The fourth-order valence-corrected chi connectivity index (χ4v) is 3.54. The Labute approximate surface area is 149 Å². The van der Waals surface area contributed by atoms with E-state index in [4.69, 9.17) is 11.5 Å². The van der Waals surface area contributed by atoms with Crippen LogP contribution in [0, 0.1) is 0 Å².